The molecule has 10 heteroatoms. The lowest BCUT2D eigenvalue weighted by Crippen LogP contribution is -2.58. The monoisotopic (exact) mass is 461 g/mol. The number of urea groups is 2. The van der Waals surface area contributed by atoms with Crippen molar-refractivity contribution in [3.05, 3.63) is 46.9 Å². The number of piperazine rings is 1. The second-order valence-electron chi connectivity index (χ2n) is 8.16. The van der Waals surface area contributed by atoms with Crippen molar-refractivity contribution in [3.63, 3.8) is 0 Å². The first kappa shape index (κ1) is 24.5. The number of halogens is 1. The Morgan fingerprint density at radius 1 is 1.24 bits per heavy atom. The standard InChI is InChI=1S/C23H32FN5O4/c1-5-25-22(31)29-12-11-28(13-15(29)3)14-18-19(21(30)33-6-2)20(26-23(32)27(18)4)16-9-7-8-10-17(16)24/h7-10,15,20H,5-6,11-14H2,1-4H3,(H,25,31)(H,26,32)/t15-,20+/m0/s1. The Balaban J connectivity index is 1.94. The quantitative estimate of drug-likeness (QED) is 0.633. The van der Waals surface area contributed by atoms with Crippen molar-refractivity contribution in [1.82, 2.24) is 25.3 Å². The maximum atomic E-state index is 14.6. The maximum absolute atomic E-state index is 14.6. The normalized spacial score (nSPS) is 21.7. The number of carbonyl (C=O) groups excluding carboxylic acids is 3. The van der Waals surface area contributed by atoms with Crippen molar-refractivity contribution in [2.45, 2.75) is 32.9 Å². The van der Waals surface area contributed by atoms with Gasteiger partial charge in [0.2, 0.25) is 0 Å². The Kier molecular flexibility index (Phi) is 7.91. The molecule has 2 heterocycles. The van der Waals surface area contributed by atoms with Crippen LogP contribution in [0.2, 0.25) is 0 Å². The summed E-state index contributed by atoms with van der Waals surface area (Å²) >= 11 is 0. The highest BCUT2D eigenvalue weighted by Gasteiger charge is 2.39. The summed E-state index contributed by atoms with van der Waals surface area (Å²) in [4.78, 5) is 43.3. The zero-order chi connectivity index (χ0) is 24.1. The zero-order valence-corrected chi connectivity index (χ0v) is 19.6. The SMILES string of the molecule is CCNC(=O)N1CCN(CC2=C(C(=O)OCC)[C@@H](c3ccccc3F)NC(=O)N2C)C[C@@H]1C. The molecule has 9 nitrogen and oxygen atoms in total. The van der Waals surface area contributed by atoms with E-state index in [0.717, 1.165) is 0 Å². The number of hydrogen-bond donors (Lipinski definition) is 2. The second-order valence-corrected chi connectivity index (χ2v) is 8.16. The Hall–Kier alpha value is -3.14. The summed E-state index contributed by atoms with van der Waals surface area (Å²) in [6.45, 7) is 8.18. The molecule has 0 bridgehead atoms. The average Bonchev–Trinajstić information content (AvgIpc) is 2.77. The molecule has 2 aliphatic heterocycles. The third-order valence-corrected chi connectivity index (χ3v) is 5.96. The first-order valence-electron chi connectivity index (χ1n) is 11.2. The van der Waals surface area contributed by atoms with E-state index in [1.165, 1.54) is 11.0 Å². The number of hydrogen-bond acceptors (Lipinski definition) is 5. The van der Waals surface area contributed by atoms with Crippen LogP contribution in [0.15, 0.2) is 35.5 Å². The van der Waals surface area contributed by atoms with Crippen molar-refractivity contribution in [2.24, 2.45) is 0 Å². The minimum Gasteiger partial charge on any atom is -0.463 e. The van der Waals surface area contributed by atoms with Crippen molar-refractivity contribution in [1.29, 1.82) is 0 Å². The number of esters is 1. The van der Waals surface area contributed by atoms with E-state index in [1.54, 1.807) is 37.1 Å². The number of nitrogens with one attached hydrogen (secondary N) is 2. The van der Waals surface area contributed by atoms with E-state index >= 15 is 0 Å². The predicted octanol–water partition coefficient (Wildman–Crippen LogP) is 2.07. The fourth-order valence-corrected chi connectivity index (χ4v) is 4.28. The van der Waals surface area contributed by atoms with Crippen LogP contribution in [0.25, 0.3) is 0 Å². The number of likely N-dealkylation sites (N-methyl/N-ethyl adjacent to an activating group) is 1. The summed E-state index contributed by atoms with van der Waals surface area (Å²) < 4.78 is 19.9. The molecule has 3 rings (SSSR count). The highest BCUT2D eigenvalue weighted by molar-refractivity contribution is 5.95. The van der Waals surface area contributed by atoms with Gasteiger partial charge in [0.1, 0.15) is 5.82 Å². The van der Waals surface area contributed by atoms with Crippen LogP contribution in [0, 0.1) is 5.82 Å². The number of benzene rings is 1. The van der Waals surface area contributed by atoms with Gasteiger partial charge < -0.3 is 20.3 Å². The van der Waals surface area contributed by atoms with Gasteiger partial charge in [0, 0.05) is 57.1 Å². The van der Waals surface area contributed by atoms with Gasteiger partial charge in [-0.25, -0.2) is 18.8 Å². The molecule has 33 heavy (non-hydrogen) atoms. The lowest BCUT2D eigenvalue weighted by atomic mass is 9.93. The van der Waals surface area contributed by atoms with Gasteiger partial charge >= 0.3 is 18.0 Å². The molecule has 180 valence electrons. The molecule has 1 fully saturated rings. The third kappa shape index (κ3) is 5.27. The molecule has 2 atom stereocenters. The lowest BCUT2D eigenvalue weighted by Gasteiger charge is -2.42. The van der Waals surface area contributed by atoms with Crippen LogP contribution >= 0.6 is 0 Å². The van der Waals surface area contributed by atoms with E-state index in [4.69, 9.17) is 4.74 Å². The van der Waals surface area contributed by atoms with Crippen LogP contribution < -0.4 is 10.6 Å². The van der Waals surface area contributed by atoms with Crippen LogP contribution in [-0.4, -0.2) is 85.2 Å². The number of nitrogens with zero attached hydrogens (tertiary/aromatic N) is 3. The minimum atomic E-state index is -0.960. The van der Waals surface area contributed by atoms with Crippen LogP contribution in [0.1, 0.15) is 32.4 Å². The summed E-state index contributed by atoms with van der Waals surface area (Å²) in [5.41, 5.74) is 0.876. The Morgan fingerprint density at radius 2 is 1.97 bits per heavy atom. The predicted molar refractivity (Wildman–Crippen MR) is 121 cm³/mol. The van der Waals surface area contributed by atoms with E-state index in [1.807, 2.05) is 13.8 Å². The molecular weight excluding hydrogens is 429 g/mol. The van der Waals surface area contributed by atoms with Gasteiger partial charge in [0.25, 0.3) is 0 Å². The molecule has 0 spiro atoms. The van der Waals surface area contributed by atoms with E-state index in [0.29, 0.717) is 31.9 Å². The molecule has 1 aromatic carbocycles. The topological polar surface area (TPSA) is 94.2 Å². The molecule has 1 saturated heterocycles. The molecule has 0 saturated carbocycles. The highest BCUT2D eigenvalue weighted by atomic mass is 19.1. The van der Waals surface area contributed by atoms with Gasteiger partial charge in [0.05, 0.1) is 18.2 Å². The molecule has 0 aliphatic carbocycles. The summed E-state index contributed by atoms with van der Waals surface area (Å²) in [6.07, 6.45) is 0. The fourth-order valence-electron chi connectivity index (χ4n) is 4.28. The molecule has 1 aromatic rings. The maximum Gasteiger partial charge on any atom is 0.338 e. The summed E-state index contributed by atoms with van der Waals surface area (Å²) in [7, 11) is 1.58. The van der Waals surface area contributed by atoms with Gasteiger partial charge in [-0.05, 0) is 26.8 Å². The Bertz CT molecular complexity index is 937. The van der Waals surface area contributed by atoms with Crippen LogP contribution in [0.5, 0.6) is 0 Å². The van der Waals surface area contributed by atoms with E-state index in [-0.39, 0.29) is 36.4 Å². The smallest absolute Gasteiger partial charge is 0.338 e. The average molecular weight is 462 g/mol. The number of amides is 4. The van der Waals surface area contributed by atoms with E-state index in [9.17, 15) is 18.8 Å². The Morgan fingerprint density at radius 3 is 2.61 bits per heavy atom. The summed E-state index contributed by atoms with van der Waals surface area (Å²) in [6, 6.07) is 4.51. The molecule has 2 N–H and O–H groups in total. The molecule has 4 amide bonds. The van der Waals surface area contributed by atoms with Crippen molar-refractivity contribution in [3.8, 4) is 0 Å². The summed E-state index contributed by atoms with van der Waals surface area (Å²) in [5.74, 6) is -1.11. The zero-order valence-electron chi connectivity index (χ0n) is 19.6. The number of rotatable bonds is 6. The number of carbonyl (C=O) groups is 3. The Labute approximate surface area is 193 Å². The van der Waals surface area contributed by atoms with Crippen LogP contribution in [0.3, 0.4) is 0 Å². The molecule has 0 unspecified atom stereocenters. The largest absolute Gasteiger partial charge is 0.463 e. The fraction of sp³-hybridized carbons (Fsp3) is 0.522. The van der Waals surface area contributed by atoms with Crippen LogP contribution in [-0.2, 0) is 9.53 Å². The lowest BCUT2D eigenvalue weighted by molar-refractivity contribution is -0.139. The van der Waals surface area contributed by atoms with Crippen LogP contribution in [0.4, 0.5) is 14.0 Å². The molecule has 0 aromatic heterocycles. The molecule has 0 radical (unpaired) electrons. The van der Waals surface area contributed by atoms with E-state index in [2.05, 4.69) is 15.5 Å². The highest BCUT2D eigenvalue weighted by Crippen LogP contribution is 2.33. The van der Waals surface area contributed by atoms with Gasteiger partial charge in [-0.2, -0.15) is 0 Å². The third-order valence-electron chi connectivity index (χ3n) is 5.96. The van der Waals surface area contributed by atoms with E-state index < -0.39 is 23.9 Å². The molecule has 2 aliphatic rings. The van der Waals surface area contributed by atoms with Gasteiger partial charge in [-0.15, -0.1) is 0 Å². The number of ether oxygens (including phenoxy) is 1. The second kappa shape index (κ2) is 10.7. The first-order chi connectivity index (χ1) is 15.8. The van der Waals surface area contributed by atoms with Gasteiger partial charge in [0.15, 0.2) is 0 Å². The van der Waals surface area contributed by atoms with Gasteiger partial charge in [-0.3, -0.25) is 9.80 Å². The van der Waals surface area contributed by atoms with Crippen molar-refractivity contribution in [2.75, 3.05) is 46.4 Å². The minimum absolute atomic E-state index is 0.0537. The van der Waals surface area contributed by atoms with Crippen molar-refractivity contribution >= 4 is 18.0 Å². The molecular formula is C23H32FN5O4. The van der Waals surface area contributed by atoms with Gasteiger partial charge in [-0.1, -0.05) is 18.2 Å². The van der Waals surface area contributed by atoms with Crippen molar-refractivity contribution < 1.29 is 23.5 Å². The first-order valence-corrected chi connectivity index (χ1v) is 11.2. The summed E-state index contributed by atoms with van der Waals surface area (Å²) in [5, 5.41) is 5.55.